The number of aryl methyl sites for hydroxylation is 1. The second-order valence-electron chi connectivity index (χ2n) is 7.76. The molecule has 0 saturated carbocycles. The number of ether oxygens (including phenoxy) is 1. The van der Waals surface area contributed by atoms with Crippen LogP contribution in [0.4, 0.5) is 0 Å². The SMILES string of the molecule is O=C(CCc1ccncc1)N1CCC2(CC1)CN(C1CCSC1)CCO2. The van der Waals surface area contributed by atoms with E-state index in [2.05, 4.69) is 21.6 Å². The average Bonchev–Trinajstić information content (AvgIpc) is 3.23. The molecule has 0 N–H and O–H groups in total. The van der Waals surface area contributed by atoms with E-state index in [1.807, 2.05) is 17.0 Å². The van der Waals surface area contributed by atoms with Crippen LogP contribution in [0.1, 0.15) is 31.2 Å². The molecule has 1 atom stereocenters. The number of morpholine rings is 1. The summed E-state index contributed by atoms with van der Waals surface area (Å²) in [6.45, 7) is 4.64. The van der Waals surface area contributed by atoms with Crippen LogP contribution < -0.4 is 0 Å². The zero-order valence-electron chi connectivity index (χ0n) is 15.4. The molecule has 0 aromatic carbocycles. The first-order valence-electron chi connectivity index (χ1n) is 9.87. The van der Waals surface area contributed by atoms with E-state index in [4.69, 9.17) is 4.74 Å². The van der Waals surface area contributed by atoms with Crippen molar-refractivity contribution < 1.29 is 9.53 Å². The number of hydrogen-bond donors (Lipinski definition) is 0. The van der Waals surface area contributed by atoms with Crippen LogP contribution in [0.5, 0.6) is 0 Å². The van der Waals surface area contributed by atoms with Crippen molar-refractivity contribution in [3.8, 4) is 0 Å². The van der Waals surface area contributed by atoms with Gasteiger partial charge in [-0.25, -0.2) is 0 Å². The van der Waals surface area contributed by atoms with E-state index in [1.54, 1.807) is 12.4 Å². The quantitative estimate of drug-likeness (QED) is 0.807. The molecule has 4 rings (SSSR count). The zero-order chi connectivity index (χ0) is 17.8. The van der Waals surface area contributed by atoms with E-state index in [-0.39, 0.29) is 11.5 Å². The minimum absolute atomic E-state index is 0.0205. The van der Waals surface area contributed by atoms with Crippen LogP contribution in [0.3, 0.4) is 0 Å². The maximum absolute atomic E-state index is 12.6. The molecule has 6 heteroatoms. The monoisotopic (exact) mass is 375 g/mol. The third kappa shape index (κ3) is 4.24. The van der Waals surface area contributed by atoms with Gasteiger partial charge in [0.15, 0.2) is 0 Å². The predicted octanol–water partition coefficient (Wildman–Crippen LogP) is 2.21. The number of likely N-dealkylation sites (tertiary alicyclic amines) is 1. The Kier molecular flexibility index (Phi) is 5.81. The standard InChI is InChI=1S/C20H29N3O2S/c24-19(2-1-17-3-8-21-9-4-17)22-10-6-20(7-11-22)16-23(12-13-25-20)18-5-14-26-15-18/h3-4,8-9,18H,1-2,5-7,10-16H2. The molecule has 4 heterocycles. The lowest BCUT2D eigenvalue weighted by Gasteiger charge is -2.48. The highest BCUT2D eigenvalue weighted by atomic mass is 32.2. The number of carbonyl (C=O) groups excluding carboxylic acids is 1. The fraction of sp³-hybridized carbons (Fsp3) is 0.700. The number of thioether (sulfide) groups is 1. The van der Waals surface area contributed by atoms with Crippen LogP contribution in [0, 0.1) is 0 Å². The molecular formula is C20H29N3O2S. The number of amides is 1. The fourth-order valence-corrected chi connectivity index (χ4v) is 5.68. The summed E-state index contributed by atoms with van der Waals surface area (Å²) in [5, 5.41) is 0. The number of rotatable bonds is 4. The predicted molar refractivity (Wildman–Crippen MR) is 104 cm³/mol. The average molecular weight is 376 g/mol. The lowest BCUT2D eigenvalue weighted by molar-refractivity contribution is -0.153. The minimum Gasteiger partial charge on any atom is -0.372 e. The third-order valence-electron chi connectivity index (χ3n) is 6.10. The Bertz CT molecular complexity index is 598. The second-order valence-corrected chi connectivity index (χ2v) is 8.91. The van der Waals surface area contributed by atoms with Crippen molar-refractivity contribution in [1.29, 1.82) is 0 Å². The first-order chi connectivity index (χ1) is 12.7. The Labute approximate surface area is 160 Å². The van der Waals surface area contributed by atoms with Gasteiger partial charge in [0.2, 0.25) is 5.91 Å². The molecule has 1 unspecified atom stereocenters. The number of piperidine rings is 1. The van der Waals surface area contributed by atoms with Crippen molar-refractivity contribution in [3.63, 3.8) is 0 Å². The Morgan fingerprint density at radius 1 is 1.27 bits per heavy atom. The molecule has 1 amide bonds. The van der Waals surface area contributed by atoms with E-state index in [1.165, 1.54) is 23.5 Å². The van der Waals surface area contributed by atoms with Crippen molar-refractivity contribution in [2.24, 2.45) is 0 Å². The van der Waals surface area contributed by atoms with Crippen molar-refractivity contribution in [3.05, 3.63) is 30.1 Å². The molecule has 3 saturated heterocycles. The first kappa shape index (κ1) is 18.3. The maximum atomic E-state index is 12.6. The number of pyridine rings is 1. The number of hydrogen-bond acceptors (Lipinski definition) is 5. The smallest absolute Gasteiger partial charge is 0.222 e. The summed E-state index contributed by atoms with van der Waals surface area (Å²) in [7, 11) is 0. The summed E-state index contributed by atoms with van der Waals surface area (Å²) < 4.78 is 6.26. The van der Waals surface area contributed by atoms with Gasteiger partial charge in [-0.3, -0.25) is 14.7 Å². The van der Waals surface area contributed by atoms with Crippen molar-refractivity contribution in [2.45, 2.75) is 43.7 Å². The summed E-state index contributed by atoms with van der Waals surface area (Å²) in [5.74, 6) is 2.85. The van der Waals surface area contributed by atoms with E-state index < -0.39 is 0 Å². The van der Waals surface area contributed by atoms with Crippen molar-refractivity contribution >= 4 is 17.7 Å². The Morgan fingerprint density at radius 3 is 2.81 bits per heavy atom. The summed E-state index contributed by atoms with van der Waals surface area (Å²) in [4.78, 5) is 21.3. The van der Waals surface area contributed by atoms with Crippen LogP contribution in [-0.2, 0) is 16.0 Å². The van der Waals surface area contributed by atoms with Gasteiger partial charge in [-0.05, 0) is 49.1 Å². The summed E-state index contributed by atoms with van der Waals surface area (Å²) in [5.41, 5.74) is 1.16. The second kappa shape index (κ2) is 8.28. The summed E-state index contributed by atoms with van der Waals surface area (Å²) >= 11 is 2.08. The summed E-state index contributed by atoms with van der Waals surface area (Å²) in [6, 6.07) is 4.72. The molecule has 5 nitrogen and oxygen atoms in total. The number of nitrogens with zero attached hydrogens (tertiary/aromatic N) is 3. The molecular weight excluding hydrogens is 346 g/mol. The highest BCUT2D eigenvalue weighted by molar-refractivity contribution is 7.99. The molecule has 26 heavy (non-hydrogen) atoms. The van der Waals surface area contributed by atoms with Crippen LogP contribution in [0.2, 0.25) is 0 Å². The van der Waals surface area contributed by atoms with Crippen LogP contribution in [0.15, 0.2) is 24.5 Å². The Morgan fingerprint density at radius 2 is 2.08 bits per heavy atom. The van der Waals surface area contributed by atoms with E-state index in [0.717, 1.165) is 58.1 Å². The van der Waals surface area contributed by atoms with E-state index in [0.29, 0.717) is 6.42 Å². The molecule has 142 valence electrons. The molecule has 1 spiro atoms. The molecule has 0 bridgehead atoms. The minimum atomic E-state index is -0.0205. The largest absolute Gasteiger partial charge is 0.372 e. The van der Waals surface area contributed by atoms with Crippen LogP contribution in [-0.4, -0.2) is 76.6 Å². The summed E-state index contributed by atoms with van der Waals surface area (Å²) in [6.07, 6.45) is 8.24. The number of carbonyl (C=O) groups is 1. The van der Waals surface area contributed by atoms with E-state index >= 15 is 0 Å². The van der Waals surface area contributed by atoms with Gasteiger partial charge in [-0.1, -0.05) is 0 Å². The van der Waals surface area contributed by atoms with Gasteiger partial charge in [0.1, 0.15) is 0 Å². The fourth-order valence-electron chi connectivity index (χ4n) is 4.42. The molecule has 1 aromatic rings. The van der Waals surface area contributed by atoms with Crippen LogP contribution in [0.25, 0.3) is 0 Å². The van der Waals surface area contributed by atoms with Gasteiger partial charge >= 0.3 is 0 Å². The van der Waals surface area contributed by atoms with Gasteiger partial charge in [0, 0.05) is 56.8 Å². The van der Waals surface area contributed by atoms with Crippen LogP contribution >= 0.6 is 11.8 Å². The topological polar surface area (TPSA) is 45.7 Å². The lowest BCUT2D eigenvalue weighted by atomic mass is 9.88. The maximum Gasteiger partial charge on any atom is 0.222 e. The molecule has 3 aliphatic rings. The molecule has 1 aromatic heterocycles. The van der Waals surface area contributed by atoms with E-state index in [9.17, 15) is 4.79 Å². The van der Waals surface area contributed by atoms with Crippen molar-refractivity contribution in [2.75, 3.05) is 44.3 Å². The van der Waals surface area contributed by atoms with Gasteiger partial charge in [-0.15, -0.1) is 0 Å². The third-order valence-corrected chi connectivity index (χ3v) is 7.25. The molecule has 3 fully saturated rings. The van der Waals surface area contributed by atoms with Gasteiger partial charge in [0.05, 0.1) is 12.2 Å². The Hall–Kier alpha value is -1.11. The first-order valence-corrected chi connectivity index (χ1v) is 11.0. The molecule has 3 aliphatic heterocycles. The molecule has 0 radical (unpaired) electrons. The molecule has 0 aliphatic carbocycles. The van der Waals surface area contributed by atoms with Crippen molar-refractivity contribution in [1.82, 2.24) is 14.8 Å². The van der Waals surface area contributed by atoms with Gasteiger partial charge in [-0.2, -0.15) is 11.8 Å². The number of aromatic nitrogens is 1. The highest BCUT2D eigenvalue weighted by Gasteiger charge is 2.42. The normalized spacial score (nSPS) is 26.3. The Balaban J connectivity index is 1.27. The van der Waals surface area contributed by atoms with Gasteiger partial charge in [0.25, 0.3) is 0 Å². The van der Waals surface area contributed by atoms with Gasteiger partial charge < -0.3 is 9.64 Å². The lowest BCUT2D eigenvalue weighted by Crippen LogP contribution is -2.59. The highest BCUT2D eigenvalue weighted by Crippen LogP contribution is 2.33. The zero-order valence-corrected chi connectivity index (χ0v) is 16.3.